The molecule has 80 valence electrons. The maximum absolute atomic E-state index is 6.11. The number of hydrogen-bond acceptors (Lipinski definition) is 2. The molecule has 0 bridgehead atoms. The molecule has 0 aliphatic heterocycles. The van der Waals surface area contributed by atoms with E-state index in [2.05, 4.69) is 18.8 Å². The highest BCUT2D eigenvalue weighted by molar-refractivity contribution is 4.97. The largest absolute Gasteiger partial charge is 0.337 e. The minimum Gasteiger partial charge on any atom is -0.337 e. The van der Waals surface area contributed by atoms with E-state index in [1.807, 2.05) is 24.0 Å². The molecule has 0 amide bonds. The zero-order chi connectivity index (χ0) is 10.6. The Labute approximate surface area is 86.3 Å². The third-order valence-corrected chi connectivity index (χ3v) is 2.93. The Kier molecular flexibility index (Phi) is 4.14. The summed E-state index contributed by atoms with van der Waals surface area (Å²) in [4.78, 5) is 4.28. The maximum atomic E-state index is 6.11. The summed E-state index contributed by atoms with van der Waals surface area (Å²) in [6.07, 6.45) is 7.20. The first-order valence-electron chi connectivity index (χ1n) is 5.41. The van der Waals surface area contributed by atoms with Crippen LogP contribution in [0.5, 0.6) is 0 Å². The SMILES string of the molecule is CCC(CC)CC(N)c1nccn1C. The average Bonchev–Trinajstić information content (AvgIpc) is 2.60. The Morgan fingerprint density at radius 3 is 2.50 bits per heavy atom. The smallest absolute Gasteiger partial charge is 0.125 e. The summed E-state index contributed by atoms with van der Waals surface area (Å²) < 4.78 is 2.01. The van der Waals surface area contributed by atoms with Crippen LogP contribution in [0, 0.1) is 5.92 Å². The lowest BCUT2D eigenvalue weighted by Crippen LogP contribution is -2.18. The summed E-state index contributed by atoms with van der Waals surface area (Å²) in [7, 11) is 2.00. The van der Waals surface area contributed by atoms with Crippen molar-refractivity contribution in [3.63, 3.8) is 0 Å². The van der Waals surface area contributed by atoms with Crippen LogP contribution in [0.15, 0.2) is 12.4 Å². The van der Waals surface area contributed by atoms with Crippen molar-refractivity contribution in [3.05, 3.63) is 18.2 Å². The van der Waals surface area contributed by atoms with Gasteiger partial charge >= 0.3 is 0 Å². The molecule has 0 aliphatic rings. The number of hydrogen-bond donors (Lipinski definition) is 1. The molecule has 0 saturated carbocycles. The molecule has 1 heterocycles. The van der Waals surface area contributed by atoms with E-state index in [1.165, 1.54) is 12.8 Å². The highest BCUT2D eigenvalue weighted by atomic mass is 15.1. The zero-order valence-electron chi connectivity index (χ0n) is 9.40. The van der Waals surface area contributed by atoms with Gasteiger partial charge in [-0.1, -0.05) is 26.7 Å². The van der Waals surface area contributed by atoms with Gasteiger partial charge in [-0.15, -0.1) is 0 Å². The zero-order valence-corrected chi connectivity index (χ0v) is 9.40. The van der Waals surface area contributed by atoms with Gasteiger partial charge in [-0.25, -0.2) is 4.98 Å². The molecule has 14 heavy (non-hydrogen) atoms. The standard InChI is InChI=1S/C11H21N3/c1-4-9(5-2)8-10(12)11-13-6-7-14(11)3/h6-7,9-10H,4-5,8,12H2,1-3H3. The number of aryl methyl sites for hydroxylation is 1. The molecule has 3 heteroatoms. The Hall–Kier alpha value is -0.830. The lowest BCUT2D eigenvalue weighted by Gasteiger charge is -2.17. The Bertz CT molecular complexity index is 263. The van der Waals surface area contributed by atoms with Crippen molar-refractivity contribution in [2.45, 2.75) is 39.2 Å². The van der Waals surface area contributed by atoms with Crippen LogP contribution in [-0.2, 0) is 7.05 Å². The van der Waals surface area contributed by atoms with Gasteiger partial charge in [0.2, 0.25) is 0 Å². The fourth-order valence-electron chi connectivity index (χ4n) is 1.82. The molecule has 1 atom stereocenters. The van der Waals surface area contributed by atoms with Gasteiger partial charge in [0.25, 0.3) is 0 Å². The van der Waals surface area contributed by atoms with E-state index in [9.17, 15) is 0 Å². The van der Waals surface area contributed by atoms with Gasteiger partial charge in [-0.2, -0.15) is 0 Å². The predicted molar refractivity (Wildman–Crippen MR) is 58.8 cm³/mol. The van der Waals surface area contributed by atoms with Gasteiger partial charge in [-0.05, 0) is 12.3 Å². The normalized spacial score (nSPS) is 13.5. The van der Waals surface area contributed by atoms with Crippen molar-refractivity contribution >= 4 is 0 Å². The van der Waals surface area contributed by atoms with Crippen LogP contribution >= 0.6 is 0 Å². The summed E-state index contributed by atoms with van der Waals surface area (Å²) >= 11 is 0. The number of aromatic nitrogens is 2. The molecule has 3 nitrogen and oxygen atoms in total. The number of nitrogens with two attached hydrogens (primary N) is 1. The number of nitrogens with zero attached hydrogens (tertiary/aromatic N) is 2. The molecule has 0 aliphatic carbocycles. The van der Waals surface area contributed by atoms with Crippen molar-refractivity contribution in [3.8, 4) is 0 Å². The highest BCUT2D eigenvalue weighted by Gasteiger charge is 2.15. The molecule has 1 aromatic heterocycles. The summed E-state index contributed by atoms with van der Waals surface area (Å²) in [6.45, 7) is 4.44. The van der Waals surface area contributed by atoms with Gasteiger partial charge in [0.05, 0.1) is 6.04 Å². The molecular weight excluding hydrogens is 174 g/mol. The lowest BCUT2D eigenvalue weighted by molar-refractivity contribution is 0.402. The molecule has 0 saturated heterocycles. The first-order valence-corrected chi connectivity index (χ1v) is 5.41. The molecular formula is C11H21N3. The summed E-state index contributed by atoms with van der Waals surface area (Å²) in [5, 5.41) is 0. The summed E-state index contributed by atoms with van der Waals surface area (Å²) in [5.41, 5.74) is 6.11. The van der Waals surface area contributed by atoms with Crippen LogP contribution in [0.25, 0.3) is 0 Å². The van der Waals surface area contributed by atoms with Crippen molar-refractivity contribution in [1.82, 2.24) is 9.55 Å². The molecule has 0 aromatic carbocycles. The Morgan fingerprint density at radius 2 is 2.07 bits per heavy atom. The average molecular weight is 195 g/mol. The molecule has 1 unspecified atom stereocenters. The second-order valence-electron chi connectivity index (χ2n) is 3.92. The minimum atomic E-state index is 0.0832. The third-order valence-electron chi connectivity index (χ3n) is 2.93. The van der Waals surface area contributed by atoms with Gasteiger partial charge in [0, 0.05) is 19.4 Å². The second-order valence-corrected chi connectivity index (χ2v) is 3.92. The van der Waals surface area contributed by atoms with E-state index >= 15 is 0 Å². The van der Waals surface area contributed by atoms with Crippen molar-refractivity contribution in [2.75, 3.05) is 0 Å². The lowest BCUT2D eigenvalue weighted by atomic mass is 9.95. The third kappa shape index (κ3) is 2.58. The summed E-state index contributed by atoms with van der Waals surface area (Å²) in [6, 6.07) is 0.0832. The second kappa shape index (κ2) is 5.15. The monoisotopic (exact) mass is 195 g/mol. The Balaban J connectivity index is 2.58. The van der Waals surface area contributed by atoms with Crippen LogP contribution in [0.1, 0.15) is 45.0 Å². The molecule has 0 fully saturated rings. The molecule has 2 N–H and O–H groups in total. The number of rotatable bonds is 5. The first kappa shape index (κ1) is 11.2. The van der Waals surface area contributed by atoms with Gasteiger partial charge < -0.3 is 10.3 Å². The number of imidazole rings is 1. The van der Waals surface area contributed by atoms with Gasteiger partial charge in [0.1, 0.15) is 5.82 Å². The van der Waals surface area contributed by atoms with Crippen LogP contribution in [-0.4, -0.2) is 9.55 Å². The quantitative estimate of drug-likeness (QED) is 0.783. The molecule has 0 radical (unpaired) electrons. The molecule has 1 rings (SSSR count). The molecule has 0 spiro atoms. The van der Waals surface area contributed by atoms with Gasteiger partial charge in [-0.3, -0.25) is 0 Å². The fraction of sp³-hybridized carbons (Fsp3) is 0.727. The summed E-state index contributed by atoms with van der Waals surface area (Å²) in [5.74, 6) is 1.72. The van der Waals surface area contributed by atoms with Crippen molar-refractivity contribution in [1.29, 1.82) is 0 Å². The minimum absolute atomic E-state index is 0.0832. The van der Waals surface area contributed by atoms with E-state index in [0.29, 0.717) is 0 Å². The van der Waals surface area contributed by atoms with Crippen LogP contribution < -0.4 is 5.73 Å². The van der Waals surface area contributed by atoms with E-state index in [4.69, 9.17) is 5.73 Å². The van der Waals surface area contributed by atoms with E-state index in [1.54, 1.807) is 0 Å². The van der Waals surface area contributed by atoms with Gasteiger partial charge in [0.15, 0.2) is 0 Å². The van der Waals surface area contributed by atoms with Crippen LogP contribution in [0.2, 0.25) is 0 Å². The fourth-order valence-corrected chi connectivity index (χ4v) is 1.82. The molecule has 1 aromatic rings. The van der Waals surface area contributed by atoms with E-state index in [-0.39, 0.29) is 6.04 Å². The topological polar surface area (TPSA) is 43.8 Å². The van der Waals surface area contributed by atoms with Crippen LogP contribution in [0.4, 0.5) is 0 Å². The predicted octanol–water partition coefficient (Wildman–Crippen LogP) is 2.25. The Morgan fingerprint density at radius 1 is 1.43 bits per heavy atom. The van der Waals surface area contributed by atoms with Crippen molar-refractivity contribution in [2.24, 2.45) is 18.7 Å². The maximum Gasteiger partial charge on any atom is 0.125 e. The van der Waals surface area contributed by atoms with Crippen molar-refractivity contribution < 1.29 is 0 Å². The van der Waals surface area contributed by atoms with E-state index in [0.717, 1.165) is 18.2 Å². The van der Waals surface area contributed by atoms with Crippen LogP contribution in [0.3, 0.4) is 0 Å². The van der Waals surface area contributed by atoms with E-state index < -0.39 is 0 Å². The first-order chi connectivity index (χ1) is 6.69. The highest BCUT2D eigenvalue weighted by Crippen LogP contribution is 2.21.